The Labute approximate surface area is 63.8 Å². The monoisotopic (exact) mass is 156 g/mol. The van der Waals surface area contributed by atoms with Crippen molar-refractivity contribution < 1.29 is 19.1 Å². The topological polar surface area (TPSA) is 60.4 Å². The fraction of sp³-hybridized carbons (Fsp3) is 0.286. The van der Waals surface area contributed by atoms with Crippen LogP contribution in [-0.2, 0) is 19.1 Å². The molecule has 0 aliphatic heterocycles. The summed E-state index contributed by atoms with van der Waals surface area (Å²) in [7, 11) is 0. The number of Topliss-reactive ketones (excluding diaryl/α,β-unsaturated/α-hetero) is 2. The number of rotatable bonds is 4. The minimum Gasteiger partial charge on any atom is -0.435 e. The highest BCUT2D eigenvalue weighted by Gasteiger charge is 2.13. The van der Waals surface area contributed by atoms with E-state index in [1.54, 1.807) is 0 Å². The van der Waals surface area contributed by atoms with Crippen LogP contribution in [0.4, 0.5) is 0 Å². The third-order valence-electron chi connectivity index (χ3n) is 0.912. The number of ether oxygens (including phenoxy) is 1. The van der Waals surface area contributed by atoms with E-state index in [1.807, 2.05) is 0 Å². The maximum atomic E-state index is 10.5. The van der Waals surface area contributed by atoms with Crippen molar-refractivity contribution >= 4 is 17.5 Å². The predicted octanol–water partition coefficient (Wildman–Crippen LogP) is 0.221. The average Bonchev–Trinajstić information content (AvgIpc) is 1.87. The van der Waals surface area contributed by atoms with Crippen molar-refractivity contribution in [1.29, 1.82) is 0 Å². The van der Waals surface area contributed by atoms with Crippen molar-refractivity contribution in [1.82, 2.24) is 0 Å². The van der Waals surface area contributed by atoms with Gasteiger partial charge >= 0.3 is 5.97 Å². The van der Waals surface area contributed by atoms with Crippen LogP contribution in [0.3, 0.4) is 0 Å². The van der Waals surface area contributed by atoms with Crippen LogP contribution in [0.2, 0.25) is 0 Å². The summed E-state index contributed by atoms with van der Waals surface area (Å²) in [6, 6.07) is 0. The van der Waals surface area contributed by atoms with Gasteiger partial charge in [-0.1, -0.05) is 6.58 Å². The highest BCUT2D eigenvalue weighted by molar-refractivity contribution is 6.39. The van der Waals surface area contributed by atoms with Gasteiger partial charge in [0.15, 0.2) is 5.78 Å². The highest BCUT2D eigenvalue weighted by Crippen LogP contribution is 1.89. The zero-order chi connectivity index (χ0) is 8.85. The van der Waals surface area contributed by atoms with E-state index in [4.69, 9.17) is 0 Å². The van der Waals surface area contributed by atoms with Crippen LogP contribution < -0.4 is 0 Å². The van der Waals surface area contributed by atoms with Gasteiger partial charge in [0.1, 0.15) is 6.42 Å². The van der Waals surface area contributed by atoms with E-state index in [0.717, 1.165) is 13.2 Å². The Balaban J connectivity index is 3.85. The molecule has 60 valence electrons. The average molecular weight is 156 g/mol. The Morgan fingerprint density at radius 1 is 1.45 bits per heavy atom. The number of carbonyl (C=O) groups excluding carboxylic acids is 3. The van der Waals surface area contributed by atoms with Crippen molar-refractivity contribution in [3.05, 3.63) is 12.8 Å². The zero-order valence-corrected chi connectivity index (χ0v) is 6.12. The molecule has 11 heavy (non-hydrogen) atoms. The summed E-state index contributed by atoms with van der Waals surface area (Å²) in [4.78, 5) is 31.3. The fourth-order valence-electron chi connectivity index (χ4n) is 0.390. The van der Waals surface area contributed by atoms with Crippen molar-refractivity contribution in [2.24, 2.45) is 0 Å². The van der Waals surface area contributed by atoms with Gasteiger partial charge in [0.25, 0.3) is 0 Å². The van der Waals surface area contributed by atoms with Crippen molar-refractivity contribution in [3.63, 3.8) is 0 Å². The maximum Gasteiger partial charge on any atom is 0.318 e. The Bertz CT molecular complexity index is 204. The van der Waals surface area contributed by atoms with Gasteiger partial charge in [0, 0.05) is 6.92 Å². The molecule has 0 aliphatic rings. The number of esters is 1. The minimum absolute atomic E-state index is 0.513. The molecule has 0 aliphatic carbocycles. The van der Waals surface area contributed by atoms with E-state index in [1.165, 1.54) is 0 Å². The first-order valence-electron chi connectivity index (χ1n) is 2.92. The van der Waals surface area contributed by atoms with Gasteiger partial charge in [0.2, 0.25) is 5.78 Å². The quantitative estimate of drug-likeness (QED) is 0.253. The summed E-state index contributed by atoms with van der Waals surface area (Å²) < 4.78 is 4.21. The number of ketones is 2. The fourth-order valence-corrected chi connectivity index (χ4v) is 0.390. The molecule has 0 N–H and O–H groups in total. The highest BCUT2D eigenvalue weighted by atomic mass is 16.5. The maximum absolute atomic E-state index is 10.5. The second-order valence-electron chi connectivity index (χ2n) is 1.81. The van der Waals surface area contributed by atoms with E-state index >= 15 is 0 Å². The van der Waals surface area contributed by atoms with Crippen LogP contribution in [0.15, 0.2) is 12.8 Å². The lowest BCUT2D eigenvalue weighted by atomic mass is 10.2. The summed E-state index contributed by atoms with van der Waals surface area (Å²) in [5.74, 6) is -2.16. The number of hydrogen-bond acceptors (Lipinski definition) is 4. The van der Waals surface area contributed by atoms with Gasteiger partial charge in [-0.15, -0.1) is 0 Å². The lowest BCUT2D eigenvalue weighted by Crippen LogP contribution is -2.15. The zero-order valence-electron chi connectivity index (χ0n) is 6.12. The molecule has 4 nitrogen and oxygen atoms in total. The third kappa shape index (κ3) is 4.02. The first kappa shape index (κ1) is 9.55. The second-order valence-corrected chi connectivity index (χ2v) is 1.81. The molecule has 0 aromatic rings. The molecule has 0 saturated carbocycles. The Hall–Kier alpha value is -1.45. The van der Waals surface area contributed by atoms with Gasteiger partial charge < -0.3 is 4.74 Å². The second kappa shape index (κ2) is 4.38. The van der Waals surface area contributed by atoms with E-state index in [0.29, 0.717) is 0 Å². The Morgan fingerprint density at radius 2 is 2.00 bits per heavy atom. The van der Waals surface area contributed by atoms with Gasteiger partial charge in [-0.2, -0.15) is 0 Å². The van der Waals surface area contributed by atoms with Crippen LogP contribution in [0.5, 0.6) is 0 Å². The van der Waals surface area contributed by atoms with Crippen molar-refractivity contribution in [2.75, 3.05) is 0 Å². The molecule has 0 radical (unpaired) electrons. The molecule has 0 aromatic heterocycles. The summed E-state index contributed by atoms with van der Waals surface area (Å²) in [6.07, 6.45) is 0.400. The molecular weight excluding hydrogens is 148 g/mol. The molecule has 0 bridgehead atoms. The molecule has 0 rings (SSSR count). The summed E-state index contributed by atoms with van der Waals surface area (Å²) >= 11 is 0. The molecule has 0 saturated heterocycles. The van der Waals surface area contributed by atoms with Crippen LogP contribution in [0, 0.1) is 0 Å². The smallest absolute Gasteiger partial charge is 0.318 e. The summed E-state index contributed by atoms with van der Waals surface area (Å²) in [5, 5.41) is 0. The molecule has 0 spiro atoms. The standard InChI is InChI=1S/C7H8O4/c1-3-11-7(10)4-6(9)5(2)8/h3H,1,4H2,2H3. The molecule has 4 heteroatoms. The first-order chi connectivity index (χ1) is 5.07. The summed E-state index contributed by atoms with van der Waals surface area (Å²) in [6.45, 7) is 4.21. The van der Waals surface area contributed by atoms with Gasteiger partial charge in [-0.3, -0.25) is 14.4 Å². The van der Waals surface area contributed by atoms with Crippen molar-refractivity contribution in [2.45, 2.75) is 13.3 Å². The molecule has 0 fully saturated rings. The van der Waals surface area contributed by atoms with Crippen LogP contribution >= 0.6 is 0 Å². The van der Waals surface area contributed by atoms with Crippen LogP contribution in [-0.4, -0.2) is 17.5 Å². The van der Waals surface area contributed by atoms with E-state index < -0.39 is 24.0 Å². The summed E-state index contributed by atoms with van der Waals surface area (Å²) in [5.41, 5.74) is 0. The lowest BCUT2D eigenvalue weighted by Gasteiger charge is -1.94. The molecule has 0 aromatic carbocycles. The molecule has 0 atom stereocenters. The molecule has 0 heterocycles. The first-order valence-corrected chi connectivity index (χ1v) is 2.92. The van der Waals surface area contributed by atoms with Gasteiger partial charge in [-0.05, 0) is 0 Å². The van der Waals surface area contributed by atoms with E-state index in [-0.39, 0.29) is 0 Å². The van der Waals surface area contributed by atoms with E-state index in [9.17, 15) is 14.4 Å². The Kier molecular flexibility index (Phi) is 3.80. The third-order valence-corrected chi connectivity index (χ3v) is 0.912. The van der Waals surface area contributed by atoms with E-state index in [2.05, 4.69) is 11.3 Å². The number of carbonyl (C=O) groups is 3. The SMILES string of the molecule is C=COC(=O)CC(=O)C(C)=O. The molecule has 0 unspecified atom stereocenters. The largest absolute Gasteiger partial charge is 0.435 e. The lowest BCUT2D eigenvalue weighted by molar-refractivity contribution is -0.144. The van der Waals surface area contributed by atoms with Crippen LogP contribution in [0.1, 0.15) is 13.3 Å². The van der Waals surface area contributed by atoms with Crippen molar-refractivity contribution in [3.8, 4) is 0 Å². The molecule has 0 amide bonds. The van der Waals surface area contributed by atoms with Gasteiger partial charge in [0.05, 0.1) is 6.26 Å². The number of hydrogen-bond donors (Lipinski definition) is 0. The Morgan fingerprint density at radius 3 is 2.36 bits per heavy atom. The van der Waals surface area contributed by atoms with Gasteiger partial charge in [-0.25, -0.2) is 0 Å². The normalized spacial score (nSPS) is 8.45. The van der Waals surface area contributed by atoms with Crippen LogP contribution in [0.25, 0.3) is 0 Å². The molecular formula is C7H8O4. The minimum atomic E-state index is -0.764. The predicted molar refractivity (Wildman–Crippen MR) is 36.6 cm³/mol.